The summed E-state index contributed by atoms with van der Waals surface area (Å²) in [4.78, 5) is 0. The van der Waals surface area contributed by atoms with Crippen LogP contribution in [0.2, 0.25) is 0 Å². The first-order valence-corrected chi connectivity index (χ1v) is 6.44. The second kappa shape index (κ2) is 5.05. The first-order valence-electron chi connectivity index (χ1n) is 6.44. The second-order valence-corrected chi connectivity index (χ2v) is 5.36. The molecule has 2 heteroatoms. The molecule has 1 aliphatic rings. The fourth-order valence-corrected chi connectivity index (χ4v) is 2.56. The summed E-state index contributed by atoms with van der Waals surface area (Å²) < 4.78 is 5.56. The largest absolute Gasteiger partial charge is 0.465 e. The Morgan fingerprint density at radius 3 is 2.69 bits per heavy atom. The maximum Gasteiger partial charge on any atom is 0.117 e. The molecule has 16 heavy (non-hydrogen) atoms. The van der Waals surface area contributed by atoms with Gasteiger partial charge in [0.05, 0.1) is 6.54 Å². The summed E-state index contributed by atoms with van der Waals surface area (Å²) in [7, 11) is 0. The molecule has 0 aliphatic heterocycles. The Labute approximate surface area is 98.4 Å². The highest BCUT2D eigenvalue weighted by atomic mass is 16.3. The highest BCUT2D eigenvalue weighted by Gasteiger charge is 2.24. The van der Waals surface area contributed by atoms with E-state index in [2.05, 4.69) is 25.2 Å². The van der Waals surface area contributed by atoms with Gasteiger partial charge in [-0.15, -0.1) is 0 Å². The molecule has 1 aromatic heterocycles. The average Bonchev–Trinajstić information content (AvgIpc) is 2.66. The maximum atomic E-state index is 5.56. The van der Waals surface area contributed by atoms with Gasteiger partial charge in [-0.05, 0) is 50.2 Å². The monoisotopic (exact) mass is 221 g/mol. The summed E-state index contributed by atoms with van der Waals surface area (Å²) in [6, 6.07) is 4.77. The Morgan fingerprint density at radius 2 is 2.06 bits per heavy atom. The van der Waals surface area contributed by atoms with Crippen molar-refractivity contribution in [3.8, 4) is 0 Å². The molecule has 3 unspecified atom stereocenters. The van der Waals surface area contributed by atoms with E-state index < -0.39 is 0 Å². The van der Waals surface area contributed by atoms with Crippen molar-refractivity contribution >= 4 is 0 Å². The summed E-state index contributed by atoms with van der Waals surface area (Å²) in [5, 5.41) is 3.61. The highest BCUT2D eigenvalue weighted by molar-refractivity contribution is 5.05. The van der Waals surface area contributed by atoms with Crippen LogP contribution in [0.1, 0.15) is 44.6 Å². The molecule has 90 valence electrons. The summed E-state index contributed by atoms with van der Waals surface area (Å²) in [6.45, 7) is 7.61. The Hall–Kier alpha value is -0.760. The van der Waals surface area contributed by atoms with Crippen molar-refractivity contribution in [1.29, 1.82) is 0 Å². The molecule has 1 saturated carbocycles. The molecule has 0 amide bonds. The number of furan rings is 1. The maximum absolute atomic E-state index is 5.56. The number of nitrogens with one attached hydrogen (secondary N) is 1. The van der Waals surface area contributed by atoms with Crippen molar-refractivity contribution < 1.29 is 4.42 Å². The van der Waals surface area contributed by atoms with Gasteiger partial charge in [-0.2, -0.15) is 0 Å². The predicted octanol–water partition coefficient (Wildman–Crippen LogP) is 3.50. The van der Waals surface area contributed by atoms with Gasteiger partial charge < -0.3 is 9.73 Å². The van der Waals surface area contributed by atoms with Crippen LogP contribution in [0.15, 0.2) is 16.5 Å². The van der Waals surface area contributed by atoms with E-state index >= 15 is 0 Å². The third-order valence-electron chi connectivity index (χ3n) is 3.96. The van der Waals surface area contributed by atoms with E-state index in [0.717, 1.165) is 29.9 Å². The van der Waals surface area contributed by atoms with Crippen LogP contribution < -0.4 is 5.32 Å². The Morgan fingerprint density at radius 1 is 1.25 bits per heavy atom. The molecule has 1 fully saturated rings. The van der Waals surface area contributed by atoms with Crippen molar-refractivity contribution in [2.24, 2.45) is 11.8 Å². The zero-order valence-electron chi connectivity index (χ0n) is 10.6. The molecular formula is C14H23NO. The van der Waals surface area contributed by atoms with Crippen molar-refractivity contribution in [3.05, 3.63) is 23.7 Å². The van der Waals surface area contributed by atoms with E-state index in [1.54, 1.807) is 0 Å². The molecule has 0 radical (unpaired) electrons. The highest BCUT2D eigenvalue weighted by Crippen LogP contribution is 2.29. The predicted molar refractivity (Wildman–Crippen MR) is 66.3 cm³/mol. The zero-order chi connectivity index (χ0) is 11.5. The molecule has 3 atom stereocenters. The van der Waals surface area contributed by atoms with Crippen molar-refractivity contribution in [2.45, 2.75) is 52.6 Å². The van der Waals surface area contributed by atoms with Crippen molar-refractivity contribution in [1.82, 2.24) is 5.32 Å². The minimum atomic E-state index is 0.677. The molecule has 0 spiro atoms. The van der Waals surface area contributed by atoms with Gasteiger partial charge in [0.25, 0.3) is 0 Å². The summed E-state index contributed by atoms with van der Waals surface area (Å²) >= 11 is 0. The lowest BCUT2D eigenvalue weighted by molar-refractivity contribution is 0.222. The molecule has 1 N–H and O–H groups in total. The molecule has 0 aromatic carbocycles. The van der Waals surface area contributed by atoms with Crippen LogP contribution in [-0.4, -0.2) is 6.04 Å². The topological polar surface area (TPSA) is 25.2 Å². The third kappa shape index (κ3) is 2.88. The van der Waals surface area contributed by atoms with Gasteiger partial charge in [0, 0.05) is 6.04 Å². The lowest BCUT2D eigenvalue weighted by atomic mass is 9.79. The normalized spacial score (nSPS) is 30.6. The van der Waals surface area contributed by atoms with E-state index in [9.17, 15) is 0 Å². The van der Waals surface area contributed by atoms with Gasteiger partial charge in [-0.25, -0.2) is 0 Å². The van der Waals surface area contributed by atoms with Crippen LogP contribution >= 0.6 is 0 Å². The van der Waals surface area contributed by atoms with E-state index in [1.165, 1.54) is 19.3 Å². The molecule has 1 aliphatic carbocycles. The van der Waals surface area contributed by atoms with Crippen LogP contribution in [0.25, 0.3) is 0 Å². The van der Waals surface area contributed by atoms with E-state index in [4.69, 9.17) is 4.42 Å². The number of aryl methyl sites for hydroxylation is 1. The molecule has 2 nitrogen and oxygen atoms in total. The number of hydrogen-bond acceptors (Lipinski definition) is 2. The van der Waals surface area contributed by atoms with Crippen LogP contribution in [0.3, 0.4) is 0 Å². The average molecular weight is 221 g/mol. The van der Waals surface area contributed by atoms with Gasteiger partial charge in [-0.1, -0.05) is 13.8 Å². The fraction of sp³-hybridized carbons (Fsp3) is 0.714. The minimum absolute atomic E-state index is 0.677. The molecule has 0 bridgehead atoms. The van der Waals surface area contributed by atoms with Gasteiger partial charge in [-0.3, -0.25) is 0 Å². The summed E-state index contributed by atoms with van der Waals surface area (Å²) in [6.07, 6.45) is 3.97. The first kappa shape index (κ1) is 11.7. The van der Waals surface area contributed by atoms with E-state index in [-0.39, 0.29) is 0 Å². The van der Waals surface area contributed by atoms with Crippen LogP contribution in [0, 0.1) is 18.8 Å². The standard InChI is InChI=1S/C14H23NO/c1-10-4-6-13(8-11(10)2)15-9-14-7-5-12(3)16-14/h5,7,10-11,13,15H,4,6,8-9H2,1-3H3. The summed E-state index contributed by atoms with van der Waals surface area (Å²) in [5.74, 6) is 3.81. The Balaban J connectivity index is 1.78. The third-order valence-corrected chi connectivity index (χ3v) is 3.96. The van der Waals surface area contributed by atoms with Crippen molar-refractivity contribution in [2.75, 3.05) is 0 Å². The van der Waals surface area contributed by atoms with Gasteiger partial charge in [0.15, 0.2) is 0 Å². The minimum Gasteiger partial charge on any atom is -0.465 e. The Kier molecular flexibility index (Phi) is 3.70. The summed E-state index contributed by atoms with van der Waals surface area (Å²) in [5.41, 5.74) is 0. The van der Waals surface area contributed by atoms with Crippen molar-refractivity contribution in [3.63, 3.8) is 0 Å². The molecular weight excluding hydrogens is 198 g/mol. The molecule has 0 saturated heterocycles. The lowest BCUT2D eigenvalue weighted by Gasteiger charge is -2.32. The van der Waals surface area contributed by atoms with Crippen LogP contribution in [-0.2, 0) is 6.54 Å². The van der Waals surface area contributed by atoms with Crippen LogP contribution in [0.4, 0.5) is 0 Å². The first-order chi connectivity index (χ1) is 7.65. The molecule has 1 heterocycles. The second-order valence-electron chi connectivity index (χ2n) is 5.36. The number of hydrogen-bond donors (Lipinski definition) is 1. The van der Waals surface area contributed by atoms with E-state index in [1.807, 2.05) is 13.0 Å². The zero-order valence-corrected chi connectivity index (χ0v) is 10.6. The quantitative estimate of drug-likeness (QED) is 0.845. The smallest absolute Gasteiger partial charge is 0.117 e. The van der Waals surface area contributed by atoms with Gasteiger partial charge >= 0.3 is 0 Å². The van der Waals surface area contributed by atoms with E-state index in [0.29, 0.717) is 6.04 Å². The number of rotatable bonds is 3. The van der Waals surface area contributed by atoms with Gasteiger partial charge in [0.2, 0.25) is 0 Å². The van der Waals surface area contributed by atoms with Gasteiger partial charge in [0.1, 0.15) is 11.5 Å². The molecule has 1 aromatic rings. The SMILES string of the molecule is Cc1ccc(CNC2CCC(C)C(C)C2)o1. The molecule has 2 rings (SSSR count). The fourth-order valence-electron chi connectivity index (χ4n) is 2.56. The Bertz CT molecular complexity index is 331. The lowest BCUT2D eigenvalue weighted by Crippen LogP contribution is -2.35. The van der Waals surface area contributed by atoms with Crippen LogP contribution in [0.5, 0.6) is 0 Å².